The maximum absolute atomic E-state index is 12.3. The highest BCUT2D eigenvalue weighted by Crippen LogP contribution is 2.20. The van der Waals surface area contributed by atoms with E-state index in [1.54, 1.807) is 0 Å². The van der Waals surface area contributed by atoms with Gasteiger partial charge in [-0.25, -0.2) is 0 Å². The second kappa shape index (κ2) is 9.28. The zero-order valence-electron chi connectivity index (χ0n) is 13.8. The zero-order chi connectivity index (χ0) is 16.7. The molecular formula is C18H27BrN2O2. The van der Waals surface area contributed by atoms with E-state index in [-0.39, 0.29) is 11.9 Å². The Bertz CT molecular complexity index is 490. The number of hydrogen-bond acceptors (Lipinski definition) is 3. The van der Waals surface area contributed by atoms with Crippen molar-refractivity contribution in [2.75, 3.05) is 19.7 Å². The lowest BCUT2D eigenvalue weighted by Gasteiger charge is -2.34. The number of hydrogen-bond donors (Lipinski definition) is 1. The summed E-state index contributed by atoms with van der Waals surface area (Å²) in [5.41, 5.74) is 5.98. The van der Waals surface area contributed by atoms with Gasteiger partial charge in [0.15, 0.2) is 0 Å². The molecule has 1 fully saturated rings. The van der Waals surface area contributed by atoms with Gasteiger partial charge in [0.2, 0.25) is 5.91 Å². The predicted octanol–water partition coefficient (Wildman–Crippen LogP) is 3.58. The standard InChI is InChI=1S/C18H27BrN2O2/c1-14(20)15-5-4-11-21(13-15)18(22)6-2-3-12-23-17-9-7-16(19)8-10-17/h7-10,14-15H,2-6,11-13,20H2,1H3. The highest BCUT2D eigenvalue weighted by atomic mass is 79.9. The monoisotopic (exact) mass is 382 g/mol. The van der Waals surface area contributed by atoms with Crippen LogP contribution in [0.15, 0.2) is 28.7 Å². The Morgan fingerprint density at radius 2 is 2.13 bits per heavy atom. The van der Waals surface area contributed by atoms with E-state index >= 15 is 0 Å². The smallest absolute Gasteiger partial charge is 0.222 e. The van der Waals surface area contributed by atoms with Crippen LogP contribution in [-0.4, -0.2) is 36.5 Å². The Labute approximate surface area is 147 Å². The van der Waals surface area contributed by atoms with E-state index in [4.69, 9.17) is 10.5 Å². The summed E-state index contributed by atoms with van der Waals surface area (Å²) in [6, 6.07) is 7.98. The molecule has 2 unspecified atom stereocenters. The Morgan fingerprint density at radius 1 is 1.39 bits per heavy atom. The van der Waals surface area contributed by atoms with Gasteiger partial charge in [-0.15, -0.1) is 0 Å². The minimum Gasteiger partial charge on any atom is -0.494 e. The van der Waals surface area contributed by atoms with Gasteiger partial charge in [0, 0.05) is 30.0 Å². The first-order chi connectivity index (χ1) is 11.1. The van der Waals surface area contributed by atoms with Gasteiger partial charge < -0.3 is 15.4 Å². The Balaban J connectivity index is 1.62. The van der Waals surface area contributed by atoms with E-state index in [1.807, 2.05) is 36.1 Å². The molecule has 1 saturated heterocycles. The number of amides is 1. The van der Waals surface area contributed by atoms with Crippen LogP contribution in [0.2, 0.25) is 0 Å². The first kappa shape index (κ1) is 18.3. The van der Waals surface area contributed by atoms with Crippen LogP contribution in [0.5, 0.6) is 5.75 Å². The van der Waals surface area contributed by atoms with E-state index in [9.17, 15) is 4.79 Å². The third-order valence-corrected chi connectivity index (χ3v) is 4.95. The first-order valence-electron chi connectivity index (χ1n) is 8.48. The van der Waals surface area contributed by atoms with Gasteiger partial charge in [-0.05, 0) is 62.8 Å². The van der Waals surface area contributed by atoms with Crippen LogP contribution in [-0.2, 0) is 4.79 Å². The summed E-state index contributed by atoms with van der Waals surface area (Å²) in [5.74, 6) is 1.59. The second-order valence-electron chi connectivity index (χ2n) is 6.36. The van der Waals surface area contributed by atoms with Gasteiger partial charge >= 0.3 is 0 Å². The third kappa shape index (κ3) is 6.15. The molecule has 2 N–H and O–H groups in total. The van der Waals surface area contributed by atoms with Crippen molar-refractivity contribution < 1.29 is 9.53 Å². The van der Waals surface area contributed by atoms with Crippen molar-refractivity contribution >= 4 is 21.8 Å². The summed E-state index contributed by atoms with van der Waals surface area (Å²) in [6.07, 6.45) is 4.59. The molecule has 1 aromatic carbocycles. The zero-order valence-corrected chi connectivity index (χ0v) is 15.4. The SMILES string of the molecule is CC(N)C1CCCN(C(=O)CCCCOc2ccc(Br)cc2)C1. The van der Waals surface area contributed by atoms with Crippen LogP contribution in [0.25, 0.3) is 0 Å². The van der Waals surface area contributed by atoms with Crippen molar-refractivity contribution in [3.8, 4) is 5.75 Å². The van der Waals surface area contributed by atoms with Gasteiger partial charge in [0.05, 0.1) is 6.61 Å². The number of likely N-dealkylation sites (tertiary alicyclic amines) is 1. The van der Waals surface area contributed by atoms with Crippen LogP contribution >= 0.6 is 15.9 Å². The number of rotatable bonds is 7. The second-order valence-corrected chi connectivity index (χ2v) is 7.28. The van der Waals surface area contributed by atoms with Gasteiger partial charge in [-0.2, -0.15) is 0 Å². The molecule has 5 heteroatoms. The van der Waals surface area contributed by atoms with Crippen molar-refractivity contribution in [2.24, 2.45) is 11.7 Å². The maximum atomic E-state index is 12.3. The molecule has 4 nitrogen and oxygen atoms in total. The summed E-state index contributed by atoms with van der Waals surface area (Å²) in [7, 11) is 0. The van der Waals surface area contributed by atoms with E-state index in [1.165, 1.54) is 0 Å². The van der Waals surface area contributed by atoms with Crippen molar-refractivity contribution in [1.29, 1.82) is 0 Å². The van der Waals surface area contributed by atoms with Crippen LogP contribution in [0, 0.1) is 5.92 Å². The van der Waals surface area contributed by atoms with Crippen LogP contribution < -0.4 is 10.5 Å². The Hall–Kier alpha value is -1.07. The average molecular weight is 383 g/mol. The number of halogens is 1. The number of benzene rings is 1. The summed E-state index contributed by atoms with van der Waals surface area (Å²) in [4.78, 5) is 14.3. The molecule has 0 aromatic heterocycles. The molecule has 0 aliphatic carbocycles. The summed E-state index contributed by atoms with van der Waals surface area (Å²) in [6.45, 7) is 4.40. The molecule has 1 aliphatic rings. The highest BCUT2D eigenvalue weighted by molar-refractivity contribution is 9.10. The minimum atomic E-state index is 0.171. The fraction of sp³-hybridized carbons (Fsp3) is 0.611. The highest BCUT2D eigenvalue weighted by Gasteiger charge is 2.25. The molecule has 1 amide bonds. The number of carbonyl (C=O) groups excluding carboxylic acids is 1. The molecule has 2 rings (SSSR count). The van der Waals surface area contributed by atoms with Gasteiger partial charge in [0.25, 0.3) is 0 Å². The number of piperidine rings is 1. The number of ether oxygens (including phenoxy) is 1. The number of nitrogens with zero attached hydrogens (tertiary/aromatic N) is 1. The largest absolute Gasteiger partial charge is 0.494 e. The maximum Gasteiger partial charge on any atom is 0.222 e. The molecule has 2 atom stereocenters. The molecule has 0 bridgehead atoms. The quantitative estimate of drug-likeness (QED) is 0.733. The van der Waals surface area contributed by atoms with Crippen LogP contribution in [0.1, 0.15) is 39.0 Å². The molecular weight excluding hydrogens is 356 g/mol. The molecule has 0 spiro atoms. The number of unbranched alkanes of at least 4 members (excludes halogenated alkanes) is 1. The van der Waals surface area contributed by atoms with Crippen molar-refractivity contribution in [3.63, 3.8) is 0 Å². The molecule has 128 valence electrons. The van der Waals surface area contributed by atoms with Crippen LogP contribution in [0.3, 0.4) is 0 Å². The van der Waals surface area contributed by atoms with Gasteiger partial charge in [-0.1, -0.05) is 15.9 Å². The summed E-state index contributed by atoms with van der Waals surface area (Å²) >= 11 is 3.40. The third-order valence-electron chi connectivity index (χ3n) is 4.42. The van der Waals surface area contributed by atoms with E-state index in [0.717, 1.165) is 49.0 Å². The van der Waals surface area contributed by atoms with Gasteiger partial charge in [0.1, 0.15) is 5.75 Å². The van der Waals surface area contributed by atoms with Crippen molar-refractivity contribution in [1.82, 2.24) is 4.90 Å². The topological polar surface area (TPSA) is 55.6 Å². The van der Waals surface area contributed by atoms with Crippen molar-refractivity contribution in [3.05, 3.63) is 28.7 Å². The lowest BCUT2D eigenvalue weighted by atomic mass is 9.92. The van der Waals surface area contributed by atoms with Crippen molar-refractivity contribution in [2.45, 2.75) is 45.1 Å². The molecule has 0 radical (unpaired) electrons. The first-order valence-corrected chi connectivity index (χ1v) is 9.27. The Morgan fingerprint density at radius 3 is 2.83 bits per heavy atom. The molecule has 1 aromatic rings. The van der Waals surface area contributed by atoms with Gasteiger partial charge in [-0.3, -0.25) is 4.79 Å². The van der Waals surface area contributed by atoms with E-state index in [0.29, 0.717) is 18.9 Å². The normalized spacial score (nSPS) is 19.4. The number of nitrogens with two attached hydrogens (primary N) is 1. The Kier molecular flexibility index (Phi) is 7.37. The van der Waals surface area contributed by atoms with Crippen LogP contribution in [0.4, 0.5) is 0 Å². The fourth-order valence-electron chi connectivity index (χ4n) is 2.92. The minimum absolute atomic E-state index is 0.171. The molecule has 23 heavy (non-hydrogen) atoms. The lowest BCUT2D eigenvalue weighted by molar-refractivity contribution is -0.133. The molecule has 1 aliphatic heterocycles. The summed E-state index contributed by atoms with van der Waals surface area (Å²) < 4.78 is 6.72. The lowest BCUT2D eigenvalue weighted by Crippen LogP contribution is -2.45. The fourth-order valence-corrected chi connectivity index (χ4v) is 3.19. The predicted molar refractivity (Wildman–Crippen MR) is 96.4 cm³/mol. The molecule has 1 heterocycles. The van der Waals surface area contributed by atoms with E-state index in [2.05, 4.69) is 15.9 Å². The molecule has 0 saturated carbocycles. The summed E-state index contributed by atoms with van der Waals surface area (Å²) in [5, 5.41) is 0. The van der Waals surface area contributed by atoms with E-state index < -0.39 is 0 Å². The average Bonchev–Trinajstić information content (AvgIpc) is 2.56. The number of carbonyl (C=O) groups is 1.